The van der Waals surface area contributed by atoms with Gasteiger partial charge in [0, 0.05) is 29.1 Å². The van der Waals surface area contributed by atoms with Crippen LogP contribution >= 0.6 is 0 Å². The summed E-state index contributed by atoms with van der Waals surface area (Å²) in [5.41, 5.74) is 3.28. The van der Waals surface area contributed by atoms with Gasteiger partial charge in [-0.2, -0.15) is 10.4 Å². The molecule has 0 fully saturated rings. The molecule has 1 amide bonds. The largest absolute Gasteiger partial charge is 0.497 e. The van der Waals surface area contributed by atoms with E-state index in [9.17, 15) is 10.1 Å². The molecule has 0 aliphatic rings. The number of carbonyl (C=O) groups excluding carboxylic acids is 1. The molecule has 0 atom stereocenters. The maximum atomic E-state index is 13.0. The smallest absolute Gasteiger partial charge is 0.266 e. The molecule has 0 saturated carbocycles. The second kappa shape index (κ2) is 10.9. The van der Waals surface area contributed by atoms with Crippen molar-refractivity contribution in [2.24, 2.45) is 0 Å². The van der Waals surface area contributed by atoms with E-state index in [1.165, 1.54) is 20.3 Å². The van der Waals surface area contributed by atoms with Crippen LogP contribution in [0, 0.1) is 11.3 Å². The van der Waals surface area contributed by atoms with Crippen LogP contribution < -0.4 is 19.5 Å². The zero-order valence-corrected chi connectivity index (χ0v) is 20.1. The van der Waals surface area contributed by atoms with Crippen molar-refractivity contribution in [3.05, 3.63) is 90.1 Å². The zero-order chi connectivity index (χ0) is 25.5. The Morgan fingerprint density at radius 3 is 2.31 bits per heavy atom. The normalized spacial score (nSPS) is 10.9. The summed E-state index contributed by atoms with van der Waals surface area (Å²) in [5.74, 6) is 1.15. The third kappa shape index (κ3) is 5.21. The van der Waals surface area contributed by atoms with Crippen molar-refractivity contribution in [1.82, 2.24) is 9.78 Å². The molecule has 4 rings (SSSR count). The average Bonchev–Trinajstić information content (AvgIpc) is 3.36. The molecule has 0 spiro atoms. The highest BCUT2D eigenvalue weighted by Gasteiger charge is 2.16. The predicted molar refractivity (Wildman–Crippen MR) is 137 cm³/mol. The predicted octanol–water partition coefficient (Wildman–Crippen LogP) is 5.11. The van der Waals surface area contributed by atoms with Gasteiger partial charge in [0.1, 0.15) is 17.4 Å². The van der Waals surface area contributed by atoms with Crippen LogP contribution in [0.25, 0.3) is 23.0 Å². The SMILES string of the molecule is COc1ccc(-c2nn(-c3ccccc3)cc2/C=C(\C#N)C(=O)Nc2ccc(OC)c(OC)c2)cc1. The molecular formula is C28H24N4O4. The van der Waals surface area contributed by atoms with Crippen LogP contribution in [-0.2, 0) is 4.79 Å². The fraction of sp³-hybridized carbons (Fsp3) is 0.107. The van der Waals surface area contributed by atoms with E-state index in [0.717, 1.165) is 11.3 Å². The van der Waals surface area contributed by atoms with Gasteiger partial charge < -0.3 is 19.5 Å². The highest BCUT2D eigenvalue weighted by atomic mass is 16.5. The summed E-state index contributed by atoms with van der Waals surface area (Å²) < 4.78 is 17.5. The summed E-state index contributed by atoms with van der Waals surface area (Å²) in [5, 5.41) is 17.3. The van der Waals surface area contributed by atoms with Gasteiger partial charge in [-0.3, -0.25) is 4.79 Å². The van der Waals surface area contributed by atoms with E-state index in [1.54, 1.807) is 36.2 Å². The van der Waals surface area contributed by atoms with Gasteiger partial charge in [0.25, 0.3) is 5.91 Å². The molecule has 0 bridgehead atoms. The van der Waals surface area contributed by atoms with E-state index >= 15 is 0 Å². The number of hydrogen-bond acceptors (Lipinski definition) is 6. The molecule has 1 aromatic heterocycles. The number of benzene rings is 3. The molecule has 8 nitrogen and oxygen atoms in total. The standard InChI is InChI=1S/C28H24N4O4/c1-34-24-12-9-19(10-13-24)27-21(18-32(31-27)23-7-5-4-6-8-23)15-20(17-29)28(33)30-22-11-14-25(35-2)26(16-22)36-3/h4-16,18H,1-3H3,(H,30,33)/b20-15+. The Balaban J connectivity index is 1.71. The molecule has 0 saturated heterocycles. The monoisotopic (exact) mass is 480 g/mol. The minimum Gasteiger partial charge on any atom is -0.497 e. The number of rotatable bonds is 8. The summed E-state index contributed by atoms with van der Waals surface area (Å²) in [6.45, 7) is 0. The van der Waals surface area contributed by atoms with Crippen LogP contribution in [-0.4, -0.2) is 37.0 Å². The van der Waals surface area contributed by atoms with Crippen LogP contribution in [0.2, 0.25) is 0 Å². The molecule has 0 aliphatic heterocycles. The van der Waals surface area contributed by atoms with Crippen molar-refractivity contribution in [2.45, 2.75) is 0 Å². The van der Waals surface area contributed by atoms with Crippen LogP contribution in [0.3, 0.4) is 0 Å². The molecular weight excluding hydrogens is 456 g/mol. The lowest BCUT2D eigenvalue weighted by atomic mass is 10.1. The maximum Gasteiger partial charge on any atom is 0.266 e. The first-order valence-corrected chi connectivity index (χ1v) is 11.0. The highest BCUT2D eigenvalue weighted by molar-refractivity contribution is 6.10. The maximum absolute atomic E-state index is 13.0. The number of nitrogens with one attached hydrogen (secondary N) is 1. The number of nitrogens with zero attached hydrogens (tertiary/aromatic N) is 3. The van der Waals surface area contributed by atoms with E-state index in [-0.39, 0.29) is 5.57 Å². The van der Waals surface area contributed by atoms with Crippen molar-refractivity contribution in [3.63, 3.8) is 0 Å². The Hall–Kier alpha value is -5.03. The van der Waals surface area contributed by atoms with Crippen LogP contribution in [0.4, 0.5) is 5.69 Å². The van der Waals surface area contributed by atoms with E-state index in [1.807, 2.05) is 60.7 Å². The van der Waals surface area contributed by atoms with Crippen molar-refractivity contribution >= 4 is 17.7 Å². The van der Waals surface area contributed by atoms with E-state index < -0.39 is 5.91 Å². The Morgan fingerprint density at radius 2 is 1.67 bits per heavy atom. The van der Waals surface area contributed by atoms with E-state index in [2.05, 4.69) is 5.32 Å². The first kappa shape index (κ1) is 24.1. The Morgan fingerprint density at radius 1 is 0.944 bits per heavy atom. The molecule has 3 aromatic carbocycles. The third-order valence-electron chi connectivity index (χ3n) is 5.43. The van der Waals surface area contributed by atoms with Gasteiger partial charge in [0.05, 0.1) is 32.7 Å². The van der Waals surface area contributed by atoms with Gasteiger partial charge in [0.15, 0.2) is 11.5 Å². The minimum absolute atomic E-state index is 0.0767. The second-order valence-corrected chi connectivity index (χ2v) is 7.64. The number of anilines is 1. The number of ether oxygens (including phenoxy) is 3. The van der Waals surface area contributed by atoms with Gasteiger partial charge in [-0.05, 0) is 54.6 Å². The zero-order valence-electron chi connectivity index (χ0n) is 20.1. The van der Waals surface area contributed by atoms with Crippen LogP contribution in [0.1, 0.15) is 5.56 Å². The van der Waals surface area contributed by atoms with Gasteiger partial charge >= 0.3 is 0 Å². The van der Waals surface area contributed by atoms with Gasteiger partial charge in [-0.25, -0.2) is 4.68 Å². The Labute approximate surface area is 209 Å². The molecule has 36 heavy (non-hydrogen) atoms. The lowest BCUT2D eigenvalue weighted by molar-refractivity contribution is -0.112. The summed E-state index contributed by atoms with van der Waals surface area (Å²) in [6.07, 6.45) is 3.32. The average molecular weight is 481 g/mol. The van der Waals surface area contributed by atoms with Crippen molar-refractivity contribution in [2.75, 3.05) is 26.6 Å². The molecule has 8 heteroatoms. The third-order valence-corrected chi connectivity index (χ3v) is 5.43. The number of methoxy groups -OCH3 is 3. The Kier molecular flexibility index (Phi) is 7.32. The quantitative estimate of drug-likeness (QED) is 0.278. The molecule has 4 aromatic rings. The van der Waals surface area contributed by atoms with E-state index in [4.69, 9.17) is 19.3 Å². The van der Waals surface area contributed by atoms with Crippen molar-refractivity contribution in [3.8, 4) is 40.3 Å². The summed E-state index contributed by atoms with van der Waals surface area (Å²) >= 11 is 0. The first-order chi connectivity index (χ1) is 17.6. The number of hydrogen-bond donors (Lipinski definition) is 1. The van der Waals surface area contributed by atoms with Gasteiger partial charge in [-0.1, -0.05) is 18.2 Å². The van der Waals surface area contributed by atoms with E-state index in [0.29, 0.717) is 34.2 Å². The minimum atomic E-state index is -0.558. The fourth-order valence-corrected chi connectivity index (χ4v) is 3.60. The topological polar surface area (TPSA) is 98.4 Å². The molecule has 0 aliphatic carbocycles. The summed E-state index contributed by atoms with van der Waals surface area (Å²) in [4.78, 5) is 13.0. The summed E-state index contributed by atoms with van der Waals surface area (Å²) in [6, 6.07) is 24.0. The van der Waals surface area contributed by atoms with Gasteiger partial charge in [0.2, 0.25) is 0 Å². The van der Waals surface area contributed by atoms with Crippen molar-refractivity contribution in [1.29, 1.82) is 5.26 Å². The molecule has 1 N–H and O–H groups in total. The second-order valence-electron chi connectivity index (χ2n) is 7.64. The summed E-state index contributed by atoms with van der Waals surface area (Å²) in [7, 11) is 4.64. The van der Waals surface area contributed by atoms with Gasteiger partial charge in [-0.15, -0.1) is 0 Å². The van der Waals surface area contributed by atoms with Crippen molar-refractivity contribution < 1.29 is 19.0 Å². The number of carbonyl (C=O) groups is 1. The highest BCUT2D eigenvalue weighted by Crippen LogP contribution is 2.31. The molecule has 0 unspecified atom stereocenters. The lowest BCUT2D eigenvalue weighted by Gasteiger charge is -2.10. The molecule has 180 valence electrons. The number of nitriles is 1. The fourth-order valence-electron chi connectivity index (χ4n) is 3.60. The number of para-hydroxylation sites is 1. The van der Waals surface area contributed by atoms with Crippen LogP contribution in [0.5, 0.6) is 17.2 Å². The molecule has 0 radical (unpaired) electrons. The lowest BCUT2D eigenvalue weighted by Crippen LogP contribution is -2.13. The first-order valence-electron chi connectivity index (χ1n) is 11.0. The van der Waals surface area contributed by atoms with Crippen LogP contribution in [0.15, 0.2) is 84.6 Å². The Bertz CT molecular complexity index is 1430. The number of aromatic nitrogens is 2. The number of amides is 1. The molecule has 1 heterocycles.